The van der Waals surface area contributed by atoms with Gasteiger partial charge in [-0.2, -0.15) is 4.98 Å². The molecule has 13 nitrogen and oxygen atoms in total. The lowest BCUT2D eigenvalue weighted by Gasteiger charge is -2.20. The summed E-state index contributed by atoms with van der Waals surface area (Å²) in [6, 6.07) is 15.9. The third-order valence-electron chi connectivity index (χ3n) is 6.10. The molecule has 0 saturated heterocycles. The zero-order valence-electron chi connectivity index (χ0n) is 24.5. The zero-order valence-corrected chi connectivity index (χ0v) is 25.3. The van der Waals surface area contributed by atoms with Crippen LogP contribution in [0.1, 0.15) is 37.0 Å². The number of methoxy groups -OCH3 is 1. The number of sulfonamides is 1. The van der Waals surface area contributed by atoms with Gasteiger partial charge in [-0.3, -0.25) is 14.5 Å². The lowest BCUT2D eigenvalue weighted by atomic mass is 9.87. The van der Waals surface area contributed by atoms with E-state index in [1.807, 2.05) is 20.8 Å². The van der Waals surface area contributed by atoms with Gasteiger partial charge in [0.1, 0.15) is 24.2 Å². The number of amides is 1. The molecule has 0 fully saturated rings. The van der Waals surface area contributed by atoms with Crippen LogP contribution in [0, 0.1) is 0 Å². The van der Waals surface area contributed by atoms with Crippen LogP contribution in [0.15, 0.2) is 78.0 Å². The van der Waals surface area contributed by atoms with E-state index in [1.54, 1.807) is 42.5 Å². The Morgan fingerprint density at radius 3 is 2.39 bits per heavy atom. The van der Waals surface area contributed by atoms with Crippen LogP contribution in [-0.4, -0.2) is 65.9 Å². The van der Waals surface area contributed by atoms with Crippen LogP contribution >= 0.6 is 0 Å². The summed E-state index contributed by atoms with van der Waals surface area (Å²) in [5, 5.41) is 21.8. The Morgan fingerprint density at radius 1 is 1.02 bits per heavy atom. The van der Waals surface area contributed by atoms with E-state index in [0.29, 0.717) is 11.4 Å². The third-order valence-corrected chi connectivity index (χ3v) is 7.46. The molecule has 2 aromatic heterocycles. The van der Waals surface area contributed by atoms with Crippen molar-refractivity contribution in [3.05, 3.63) is 84.4 Å². The predicted octanol–water partition coefficient (Wildman–Crippen LogP) is 3.76. The maximum Gasteiger partial charge on any atom is 0.293 e. The lowest BCUT2D eigenvalue weighted by Crippen LogP contribution is -2.24. The van der Waals surface area contributed by atoms with Gasteiger partial charge in [0.2, 0.25) is 11.6 Å². The van der Waals surface area contributed by atoms with Gasteiger partial charge in [-0.05, 0) is 47.4 Å². The van der Waals surface area contributed by atoms with Crippen LogP contribution in [0.4, 0.5) is 11.5 Å². The molecule has 0 spiro atoms. The smallest absolute Gasteiger partial charge is 0.293 e. The number of anilines is 2. The number of nitrogens with one attached hydrogen (secondary N) is 2. The molecular formula is C30H33N5O8S. The molecule has 0 aliphatic heterocycles. The van der Waals surface area contributed by atoms with E-state index >= 15 is 0 Å². The van der Waals surface area contributed by atoms with Gasteiger partial charge >= 0.3 is 0 Å². The summed E-state index contributed by atoms with van der Waals surface area (Å²) in [5.41, 5.74) is 1.05. The van der Waals surface area contributed by atoms with Crippen LogP contribution < -0.4 is 24.2 Å². The fraction of sp³-hybridized carbons (Fsp3) is 0.267. The first-order valence-electron chi connectivity index (χ1n) is 13.4. The molecule has 2 aromatic carbocycles. The fourth-order valence-corrected chi connectivity index (χ4v) is 4.75. The number of carbonyl (C=O) groups excluding carboxylic acids is 1. The van der Waals surface area contributed by atoms with E-state index in [-0.39, 0.29) is 27.7 Å². The van der Waals surface area contributed by atoms with Crippen molar-refractivity contribution in [2.45, 2.75) is 37.2 Å². The van der Waals surface area contributed by atoms with E-state index in [1.165, 1.54) is 37.7 Å². The molecular weight excluding hydrogens is 590 g/mol. The highest BCUT2D eigenvalue weighted by Crippen LogP contribution is 2.38. The van der Waals surface area contributed by atoms with Gasteiger partial charge in [0.25, 0.3) is 21.8 Å². The molecule has 0 bridgehead atoms. The number of aromatic nitrogens is 3. The van der Waals surface area contributed by atoms with E-state index in [0.717, 1.165) is 5.56 Å². The maximum atomic E-state index is 13.6. The minimum atomic E-state index is -4.29. The Hall–Kier alpha value is -4.79. The van der Waals surface area contributed by atoms with E-state index < -0.39 is 46.9 Å². The number of hydrogen-bond donors (Lipinski definition) is 4. The van der Waals surface area contributed by atoms with Crippen molar-refractivity contribution in [1.82, 2.24) is 15.0 Å². The average Bonchev–Trinajstić information content (AvgIpc) is 3.01. The monoisotopic (exact) mass is 623 g/mol. The first kappa shape index (κ1) is 32.1. The van der Waals surface area contributed by atoms with Crippen molar-refractivity contribution in [2.75, 3.05) is 30.4 Å². The van der Waals surface area contributed by atoms with Gasteiger partial charge in [-0.15, -0.1) is 0 Å². The number of pyridine rings is 1. The molecule has 4 aromatic rings. The highest BCUT2D eigenvalue weighted by Gasteiger charge is 2.27. The predicted molar refractivity (Wildman–Crippen MR) is 162 cm³/mol. The van der Waals surface area contributed by atoms with Gasteiger partial charge < -0.3 is 29.7 Å². The number of hydrogen-bond acceptors (Lipinski definition) is 11. The maximum absolute atomic E-state index is 13.6. The normalized spacial score (nSPS) is 12.2. The number of aliphatic hydroxyl groups excluding tert-OH is 2. The molecule has 0 aliphatic rings. The highest BCUT2D eigenvalue weighted by molar-refractivity contribution is 7.92. The highest BCUT2D eigenvalue weighted by atomic mass is 32.2. The van der Waals surface area contributed by atoms with Crippen molar-refractivity contribution in [3.63, 3.8) is 0 Å². The number of nitrogens with zero attached hydrogens (tertiary/aromatic N) is 3. The molecule has 0 saturated carbocycles. The molecule has 232 valence electrons. The molecule has 0 radical (unpaired) electrons. The molecule has 4 rings (SSSR count). The zero-order chi connectivity index (χ0) is 31.9. The third kappa shape index (κ3) is 8.18. The largest absolute Gasteiger partial charge is 0.497 e. The van der Waals surface area contributed by atoms with Crippen molar-refractivity contribution in [3.8, 4) is 23.1 Å². The van der Waals surface area contributed by atoms with Crippen LogP contribution in [0.25, 0.3) is 0 Å². The molecule has 4 N–H and O–H groups in total. The minimum absolute atomic E-state index is 0.0732. The number of rotatable bonds is 12. The lowest BCUT2D eigenvalue weighted by molar-refractivity contribution is 0.0512. The Morgan fingerprint density at radius 2 is 1.75 bits per heavy atom. The molecule has 1 unspecified atom stereocenters. The fourth-order valence-electron chi connectivity index (χ4n) is 3.74. The summed E-state index contributed by atoms with van der Waals surface area (Å²) in [7, 11) is -2.82. The topological polar surface area (TPSA) is 182 Å². The summed E-state index contributed by atoms with van der Waals surface area (Å²) in [4.78, 5) is 25.4. The van der Waals surface area contributed by atoms with Crippen molar-refractivity contribution < 1.29 is 37.6 Å². The van der Waals surface area contributed by atoms with Crippen molar-refractivity contribution in [1.29, 1.82) is 0 Å². The standard InChI is InChI=1S/C30H33N5O8S/c1-30(2,3)19-10-12-24(13-11-19)44(39,40)35-26-25(43-23-9-5-8-22(15-23)41-4)29(42-18-21(37)17-36)34-27(33-26)28(38)32-20-7-6-14-31-16-20/h5-16,21,36-37H,17-18H2,1-4H3,(H,32,38)(H,33,34,35). The van der Waals surface area contributed by atoms with Crippen LogP contribution in [-0.2, 0) is 15.4 Å². The van der Waals surface area contributed by atoms with Crippen LogP contribution in [0.2, 0.25) is 0 Å². The SMILES string of the molecule is COc1cccc(Oc2c(NS(=O)(=O)c3ccc(C(C)(C)C)cc3)nc(C(=O)Nc3cccnc3)nc2OCC(O)CO)c1. The second-order valence-electron chi connectivity index (χ2n) is 10.5. The van der Waals surface area contributed by atoms with Crippen molar-refractivity contribution >= 4 is 27.4 Å². The van der Waals surface area contributed by atoms with Gasteiger partial charge in [0.15, 0.2) is 5.82 Å². The Kier molecular flexibility index (Phi) is 9.98. The number of benzene rings is 2. The van der Waals surface area contributed by atoms with Gasteiger partial charge in [0, 0.05) is 12.3 Å². The number of carbonyl (C=O) groups is 1. The summed E-state index contributed by atoms with van der Waals surface area (Å²) in [6.07, 6.45) is 1.61. The molecule has 0 aliphatic carbocycles. The summed E-state index contributed by atoms with van der Waals surface area (Å²) < 4.78 is 46.5. The van der Waals surface area contributed by atoms with E-state index in [2.05, 4.69) is 25.0 Å². The molecule has 1 amide bonds. The van der Waals surface area contributed by atoms with Crippen molar-refractivity contribution in [2.24, 2.45) is 0 Å². The second-order valence-corrected chi connectivity index (χ2v) is 12.2. The first-order chi connectivity index (χ1) is 20.9. The Labute approximate surface area is 254 Å². The number of aliphatic hydroxyl groups is 2. The summed E-state index contributed by atoms with van der Waals surface area (Å²) in [6.45, 7) is 4.92. The molecule has 1 atom stereocenters. The molecule has 14 heteroatoms. The van der Waals surface area contributed by atoms with Gasteiger partial charge in [-0.1, -0.05) is 39.0 Å². The van der Waals surface area contributed by atoms with Gasteiger partial charge in [0.05, 0.1) is 30.5 Å². The summed E-state index contributed by atoms with van der Waals surface area (Å²) >= 11 is 0. The Bertz CT molecular complexity index is 1700. The molecule has 44 heavy (non-hydrogen) atoms. The van der Waals surface area contributed by atoms with E-state index in [4.69, 9.17) is 14.2 Å². The first-order valence-corrected chi connectivity index (χ1v) is 14.9. The minimum Gasteiger partial charge on any atom is -0.497 e. The average molecular weight is 624 g/mol. The van der Waals surface area contributed by atoms with Crippen LogP contribution in [0.5, 0.6) is 23.1 Å². The number of ether oxygens (including phenoxy) is 3. The molecule has 2 heterocycles. The Balaban J connectivity index is 1.83. The quantitative estimate of drug-likeness (QED) is 0.180. The second kappa shape index (κ2) is 13.7. The van der Waals surface area contributed by atoms with E-state index in [9.17, 15) is 23.4 Å². The van der Waals surface area contributed by atoms with Crippen LogP contribution in [0.3, 0.4) is 0 Å². The summed E-state index contributed by atoms with van der Waals surface area (Å²) in [5.74, 6) is -1.77. The van der Waals surface area contributed by atoms with Gasteiger partial charge in [-0.25, -0.2) is 13.4 Å².